The van der Waals surface area contributed by atoms with Crippen molar-refractivity contribution in [2.24, 2.45) is 7.05 Å². The van der Waals surface area contributed by atoms with Crippen molar-refractivity contribution in [3.05, 3.63) is 41.3 Å². The van der Waals surface area contributed by atoms with E-state index in [0.717, 1.165) is 28.5 Å². The van der Waals surface area contributed by atoms with E-state index in [9.17, 15) is 0 Å². The van der Waals surface area contributed by atoms with Crippen LogP contribution in [0.4, 0.5) is 0 Å². The lowest BCUT2D eigenvalue weighted by Crippen LogP contribution is -1.96. The molecule has 0 spiro atoms. The van der Waals surface area contributed by atoms with Gasteiger partial charge in [0.2, 0.25) is 0 Å². The molecule has 0 saturated carbocycles. The lowest BCUT2D eigenvalue weighted by atomic mass is 10.1. The highest BCUT2D eigenvalue weighted by atomic mass is 35.5. The summed E-state index contributed by atoms with van der Waals surface area (Å²) < 4.78 is 1.97. The van der Waals surface area contributed by atoms with Gasteiger partial charge in [0.25, 0.3) is 0 Å². The first-order valence-electron chi connectivity index (χ1n) is 4.99. The van der Waals surface area contributed by atoms with E-state index in [4.69, 9.17) is 11.6 Å². The van der Waals surface area contributed by atoms with Crippen LogP contribution in [0.1, 0.15) is 12.6 Å². The van der Waals surface area contributed by atoms with Gasteiger partial charge in [-0.15, -0.1) is 0 Å². The molecule has 0 fully saturated rings. The molecule has 0 aliphatic carbocycles. The first kappa shape index (κ1) is 10.2. The summed E-state index contributed by atoms with van der Waals surface area (Å²) in [6.45, 7) is 2.11. The van der Waals surface area contributed by atoms with Crippen molar-refractivity contribution >= 4 is 11.6 Å². The van der Waals surface area contributed by atoms with Crippen molar-refractivity contribution in [2.45, 2.75) is 13.3 Å². The van der Waals surface area contributed by atoms with Crippen LogP contribution in [-0.2, 0) is 13.5 Å². The molecule has 2 aromatic heterocycles. The van der Waals surface area contributed by atoms with Crippen LogP contribution < -0.4 is 0 Å². The van der Waals surface area contributed by atoms with E-state index in [1.807, 2.05) is 36.0 Å². The summed E-state index contributed by atoms with van der Waals surface area (Å²) >= 11 is 6.02. The topological polar surface area (TPSA) is 17.8 Å². The lowest BCUT2D eigenvalue weighted by Gasteiger charge is -2.08. The number of aryl methyl sites for hydroxylation is 1. The zero-order valence-electron chi connectivity index (χ0n) is 8.87. The first-order valence-corrected chi connectivity index (χ1v) is 5.37. The second-order valence-corrected chi connectivity index (χ2v) is 3.84. The number of pyridine rings is 1. The van der Waals surface area contributed by atoms with Crippen molar-refractivity contribution in [3.8, 4) is 11.3 Å². The van der Waals surface area contributed by atoms with E-state index in [-0.39, 0.29) is 0 Å². The Labute approximate surface area is 94.5 Å². The maximum atomic E-state index is 6.02. The van der Waals surface area contributed by atoms with E-state index >= 15 is 0 Å². The Bertz CT molecular complexity index is 474. The predicted molar refractivity (Wildman–Crippen MR) is 63.0 cm³/mol. The van der Waals surface area contributed by atoms with E-state index in [2.05, 4.69) is 18.0 Å². The Morgan fingerprint density at radius 2 is 2.13 bits per heavy atom. The Balaban J connectivity index is 2.58. The van der Waals surface area contributed by atoms with Gasteiger partial charge in [-0.25, -0.2) is 0 Å². The zero-order valence-corrected chi connectivity index (χ0v) is 9.62. The van der Waals surface area contributed by atoms with E-state index in [0.29, 0.717) is 0 Å². The fraction of sp³-hybridized carbons (Fsp3) is 0.250. The fourth-order valence-corrected chi connectivity index (χ4v) is 1.86. The molecular formula is C12H13ClN2. The second kappa shape index (κ2) is 4.07. The minimum absolute atomic E-state index is 0.746. The summed E-state index contributed by atoms with van der Waals surface area (Å²) in [6.07, 6.45) is 2.76. The first-order chi connectivity index (χ1) is 7.24. The van der Waals surface area contributed by atoms with E-state index in [1.54, 1.807) is 0 Å². The zero-order chi connectivity index (χ0) is 10.8. The van der Waals surface area contributed by atoms with Crippen LogP contribution in [0.2, 0.25) is 5.15 Å². The van der Waals surface area contributed by atoms with Gasteiger partial charge in [-0.3, -0.25) is 4.98 Å². The molecule has 0 aliphatic heterocycles. The van der Waals surface area contributed by atoms with Crippen LogP contribution in [0, 0.1) is 0 Å². The van der Waals surface area contributed by atoms with Crippen molar-refractivity contribution < 1.29 is 0 Å². The molecule has 2 nitrogen and oxygen atoms in total. The standard InChI is InChI=1S/C12H13ClN2/c1-3-10-9(5-4-8-14-10)11-6-7-12(13)15(11)2/h4-8H,3H2,1-2H3. The third-order valence-corrected chi connectivity index (χ3v) is 2.94. The molecule has 0 radical (unpaired) electrons. The van der Waals surface area contributed by atoms with Gasteiger partial charge < -0.3 is 4.57 Å². The van der Waals surface area contributed by atoms with Crippen LogP contribution in [-0.4, -0.2) is 9.55 Å². The van der Waals surface area contributed by atoms with Crippen molar-refractivity contribution in [3.63, 3.8) is 0 Å². The average molecular weight is 221 g/mol. The van der Waals surface area contributed by atoms with Crippen LogP contribution in [0.25, 0.3) is 11.3 Å². The maximum absolute atomic E-state index is 6.02. The van der Waals surface area contributed by atoms with Gasteiger partial charge in [0.05, 0.1) is 5.69 Å². The Kier molecular flexibility index (Phi) is 2.78. The minimum atomic E-state index is 0.746. The molecule has 0 saturated heterocycles. The fourth-order valence-electron chi connectivity index (χ4n) is 1.71. The molecule has 3 heteroatoms. The summed E-state index contributed by atoms with van der Waals surface area (Å²) in [7, 11) is 1.96. The smallest absolute Gasteiger partial charge is 0.109 e. The molecule has 2 heterocycles. The summed E-state index contributed by atoms with van der Waals surface area (Å²) in [4.78, 5) is 4.37. The highest BCUT2D eigenvalue weighted by molar-refractivity contribution is 6.29. The summed E-state index contributed by atoms with van der Waals surface area (Å²) in [5.74, 6) is 0. The molecule has 0 N–H and O–H groups in total. The molecule has 0 bridgehead atoms. The summed E-state index contributed by atoms with van der Waals surface area (Å²) in [5.41, 5.74) is 3.38. The van der Waals surface area contributed by atoms with Gasteiger partial charge in [-0.1, -0.05) is 18.5 Å². The lowest BCUT2D eigenvalue weighted by molar-refractivity contribution is 0.928. The minimum Gasteiger partial charge on any atom is -0.335 e. The third-order valence-electron chi connectivity index (χ3n) is 2.56. The van der Waals surface area contributed by atoms with Crippen molar-refractivity contribution in [1.29, 1.82) is 0 Å². The number of nitrogens with zero attached hydrogens (tertiary/aromatic N) is 2. The molecule has 2 aromatic rings. The molecule has 0 amide bonds. The summed E-state index contributed by atoms with van der Waals surface area (Å²) in [5, 5.41) is 0.746. The Hall–Kier alpha value is -1.28. The summed E-state index contributed by atoms with van der Waals surface area (Å²) in [6, 6.07) is 7.97. The SMILES string of the molecule is CCc1ncccc1-c1ccc(Cl)n1C. The van der Waals surface area contributed by atoms with Crippen LogP contribution >= 0.6 is 11.6 Å². The number of hydrogen-bond donors (Lipinski definition) is 0. The highest BCUT2D eigenvalue weighted by Crippen LogP contribution is 2.26. The Morgan fingerprint density at radius 1 is 1.33 bits per heavy atom. The second-order valence-electron chi connectivity index (χ2n) is 3.45. The van der Waals surface area contributed by atoms with Gasteiger partial charge in [-0.2, -0.15) is 0 Å². The normalized spacial score (nSPS) is 10.6. The third kappa shape index (κ3) is 1.77. The van der Waals surface area contributed by atoms with Gasteiger partial charge >= 0.3 is 0 Å². The van der Waals surface area contributed by atoms with Crippen LogP contribution in [0.3, 0.4) is 0 Å². The molecule has 0 aromatic carbocycles. The Morgan fingerprint density at radius 3 is 2.73 bits per heavy atom. The number of hydrogen-bond acceptors (Lipinski definition) is 1. The number of rotatable bonds is 2. The van der Waals surface area contributed by atoms with Gasteiger partial charge in [-0.05, 0) is 30.7 Å². The van der Waals surface area contributed by atoms with Crippen LogP contribution in [0.15, 0.2) is 30.5 Å². The highest BCUT2D eigenvalue weighted by Gasteiger charge is 2.08. The molecule has 0 aliphatic rings. The van der Waals surface area contributed by atoms with Gasteiger partial charge in [0, 0.05) is 24.5 Å². The molecule has 78 valence electrons. The monoisotopic (exact) mass is 220 g/mol. The maximum Gasteiger partial charge on any atom is 0.109 e. The van der Waals surface area contributed by atoms with Gasteiger partial charge in [0.1, 0.15) is 5.15 Å². The van der Waals surface area contributed by atoms with Gasteiger partial charge in [0.15, 0.2) is 0 Å². The largest absolute Gasteiger partial charge is 0.335 e. The molecule has 2 rings (SSSR count). The number of halogens is 1. The quantitative estimate of drug-likeness (QED) is 0.760. The van der Waals surface area contributed by atoms with Crippen molar-refractivity contribution in [2.75, 3.05) is 0 Å². The van der Waals surface area contributed by atoms with E-state index < -0.39 is 0 Å². The molecule has 0 atom stereocenters. The van der Waals surface area contributed by atoms with E-state index in [1.165, 1.54) is 0 Å². The van der Waals surface area contributed by atoms with Crippen LogP contribution in [0.5, 0.6) is 0 Å². The molecular weight excluding hydrogens is 208 g/mol. The van der Waals surface area contributed by atoms with Crippen molar-refractivity contribution in [1.82, 2.24) is 9.55 Å². The molecule has 0 unspecified atom stereocenters. The average Bonchev–Trinajstić information content (AvgIpc) is 2.60. The predicted octanol–water partition coefficient (Wildman–Crippen LogP) is 3.30. The molecule has 15 heavy (non-hydrogen) atoms. The number of aromatic nitrogens is 2.